The molecule has 1 aliphatic rings. The summed E-state index contributed by atoms with van der Waals surface area (Å²) in [6.07, 6.45) is 3.28. The Morgan fingerprint density at radius 2 is 2.42 bits per heavy atom. The lowest BCUT2D eigenvalue weighted by molar-refractivity contribution is 0.0903. The number of nitrogens with zero attached hydrogens (tertiary/aromatic N) is 1. The molecule has 1 aromatic carbocycles. The van der Waals surface area contributed by atoms with Crippen molar-refractivity contribution in [3.63, 3.8) is 0 Å². The van der Waals surface area contributed by atoms with Crippen molar-refractivity contribution in [2.24, 2.45) is 10.9 Å². The summed E-state index contributed by atoms with van der Waals surface area (Å²) in [6, 6.07) is 4.99. The van der Waals surface area contributed by atoms with Gasteiger partial charge >= 0.3 is 0 Å². The van der Waals surface area contributed by atoms with E-state index in [1.165, 1.54) is 0 Å². The predicted molar refractivity (Wildman–Crippen MR) is 73.0 cm³/mol. The second-order valence-electron chi connectivity index (χ2n) is 4.40. The van der Waals surface area contributed by atoms with E-state index in [0.717, 1.165) is 25.9 Å². The first-order valence-electron chi connectivity index (χ1n) is 6.22. The second kappa shape index (κ2) is 6.63. The molecule has 5 nitrogen and oxygen atoms in total. The van der Waals surface area contributed by atoms with Gasteiger partial charge in [-0.25, -0.2) is 0 Å². The molecule has 0 aromatic heterocycles. The van der Waals surface area contributed by atoms with Gasteiger partial charge in [0.2, 0.25) is 0 Å². The van der Waals surface area contributed by atoms with Crippen molar-refractivity contribution in [2.45, 2.75) is 25.4 Å². The van der Waals surface area contributed by atoms with E-state index in [0.29, 0.717) is 22.9 Å². The molecule has 0 spiro atoms. The van der Waals surface area contributed by atoms with E-state index in [9.17, 15) is 0 Å². The average Bonchev–Trinajstić information content (AvgIpc) is 2.91. The molecule has 1 unspecified atom stereocenters. The van der Waals surface area contributed by atoms with Crippen LogP contribution in [0.5, 0.6) is 5.75 Å². The first-order valence-corrected chi connectivity index (χ1v) is 6.60. The Bertz CT molecular complexity index is 459. The summed E-state index contributed by atoms with van der Waals surface area (Å²) in [6.45, 7) is 1.34. The Balaban J connectivity index is 1.99. The second-order valence-corrected chi connectivity index (χ2v) is 4.83. The highest BCUT2D eigenvalue weighted by Crippen LogP contribution is 2.24. The van der Waals surface area contributed by atoms with Gasteiger partial charge in [-0.2, -0.15) is 0 Å². The van der Waals surface area contributed by atoms with Crippen LogP contribution in [-0.4, -0.2) is 30.4 Å². The zero-order chi connectivity index (χ0) is 13.7. The fraction of sp³-hybridized carbons (Fsp3) is 0.462. The highest BCUT2D eigenvalue weighted by Gasteiger charge is 2.16. The van der Waals surface area contributed by atoms with E-state index < -0.39 is 0 Å². The number of rotatable bonds is 5. The van der Waals surface area contributed by atoms with E-state index in [4.69, 9.17) is 32.0 Å². The smallest absolute Gasteiger partial charge is 0.173 e. The third-order valence-electron chi connectivity index (χ3n) is 3.05. The summed E-state index contributed by atoms with van der Waals surface area (Å²) in [5.41, 5.74) is 6.12. The quantitative estimate of drug-likeness (QED) is 0.377. The van der Waals surface area contributed by atoms with Gasteiger partial charge in [0.05, 0.1) is 18.3 Å². The lowest BCUT2D eigenvalue weighted by Gasteiger charge is -2.13. The number of amidine groups is 1. The van der Waals surface area contributed by atoms with Gasteiger partial charge in [-0.1, -0.05) is 16.8 Å². The molecule has 19 heavy (non-hydrogen) atoms. The van der Waals surface area contributed by atoms with Crippen molar-refractivity contribution >= 4 is 17.4 Å². The van der Waals surface area contributed by atoms with Crippen LogP contribution >= 0.6 is 11.6 Å². The SMILES string of the molecule is N/C(=N/O)c1ccc(Cl)cc1OCCC1CCCO1. The lowest BCUT2D eigenvalue weighted by Crippen LogP contribution is -2.16. The summed E-state index contributed by atoms with van der Waals surface area (Å²) in [5.74, 6) is 0.518. The van der Waals surface area contributed by atoms with Crippen LogP contribution in [-0.2, 0) is 4.74 Å². The highest BCUT2D eigenvalue weighted by molar-refractivity contribution is 6.30. The van der Waals surface area contributed by atoms with Crippen molar-refractivity contribution < 1.29 is 14.7 Å². The molecule has 0 saturated carbocycles. The number of benzene rings is 1. The Morgan fingerprint density at radius 1 is 1.58 bits per heavy atom. The van der Waals surface area contributed by atoms with E-state index >= 15 is 0 Å². The summed E-state index contributed by atoms with van der Waals surface area (Å²) in [7, 11) is 0. The molecule has 104 valence electrons. The molecule has 1 heterocycles. The summed E-state index contributed by atoms with van der Waals surface area (Å²) in [4.78, 5) is 0. The summed E-state index contributed by atoms with van der Waals surface area (Å²) in [5, 5.41) is 12.3. The molecule has 1 atom stereocenters. The minimum atomic E-state index is 0.00350. The van der Waals surface area contributed by atoms with Gasteiger partial charge in [0, 0.05) is 18.1 Å². The molecular weight excluding hydrogens is 268 g/mol. The maximum Gasteiger partial charge on any atom is 0.173 e. The number of ether oxygens (including phenoxy) is 2. The average molecular weight is 285 g/mol. The third-order valence-corrected chi connectivity index (χ3v) is 3.28. The molecule has 1 aliphatic heterocycles. The van der Waals surface area contributed by atoms with Crippen LogP contribution in [0.3, 0.4) is 0 Å². The van der Waals surface area contributed by atoms with Gasteiger partial charge in [0.25, 0.3) is 0 Å². The lowest BCUT2D eigenvalue weighted by atomic mass is 10.1. The molecule has 2 rings (SSSR count). The van der Waals surface area contributed by atoms with Gasteiger partial charge in [-0.15, -0.1) is 0 Å². The van der Waals surface area contributed by atoms with Crippen LogP contribution in [0.4, 0.5) is 0 Å². The Morgan fingerprint density at radius 3 is 3.11 bits per heavy atom. The van der Waals surface area contributed by atoms with E-state index in [2.05, 4.69) is 5.16 Å². The molecular formula is C13H17ClN2O3. The Kier molecular flexibility index (Phi) is 4.87. The first-order chi connectivity index (χ1) is 9.20. The predicted octanol–water partition coefficient (Wildman–Crippen LogP) is 2.38. The molecule has 1 saturated heterocycles. The van der Waals surface area contributed by atoms with Crippen molar-refractivity contribution in [1.29, 1.82) is 0 Å². The minimum Gasteiger partial charge on any atom is -0.493 e. The van der Waals surface area contributed by atoms with Crippen molar-refractivity contribution in [1.82, 2.24) is 0 Å². The number of hydrogen-bond acceptors (Lipinski definition) is 4. The van der Waals surface area contributed by atoms with Crippen molar-refractivity contribution in [2.75, 3.05) is 13.2 Å². The van der Waals surface area contributed by atoms with E-state index in [1.807, 2.05) is 0 Å². The molecule has 6 heteroatoms. The van der Waals surface area contributed by atoms with Gasteiger partial charge < -0.3 is 20.4 Å². The van der Waals surface area contributed by atoms with Gasteiger partial charge in [0.1, 0.15) is 5.75 Å². The van der Waals surface area contributed by atoms with Gasteiger partial charge in [0.15, 0.2) is 5.84 Å². The van der Waals surface area contributed by atoms with Crippen molar-refractivity contribution in [3.8, 4) is 5.75 Å². The number of halogens is 1. The van der Waals surface area contributed by atoms with Crippen LogP contribution in [0.2, 0.25) is 5.02 Å². The maximum absolute atomic E-state index is 8.73. The molecule has 0 amide bonds. The largest absolute Gasteiger partial charge is 0.493 e. The number of oxime groups is 1. The zero-order valence-electron chi connectivity index (χ0n) is 10.5. The van der Waals surface area contributed by atoms with Crippen LogP contribution in [0, 0.1) is 0 Å². The Hall–Kier alpha value is -1.46. The fourth-order valence-corrected chi connectivity index (χ4v) is 2.22. The molecule has 0 aliphatic carbocycles. The molecule has 1 fully saturated rings. The zero-order valence-corrected chi connectivity index (χ0v) is 11.3. The topological polar surface area (TPSA) is 77.1 Å². The van der Waals surface area contributed by atoms with Crippen molar-refractivity contribution in [3.05, 3.63) is 28.8 Å². The molecule has 0 radical (unpaired) electrons. The molecule has 0 bridgehead atoms. The molecule has 1 aromatic rings. The number of hydrogen-bond donors (Lipinski definition) is 2. The highest BCUT2D eigenvalue weighted by atomic mass is 35.5. The van der Waals surface area contributed by atoms with Crippen LogP contribution < -0.4 is 10.5 Å². The molecule has 3 N–H and O–H groups in total. The van der Waals surface area contributed by atoms with Gasteiger partial charge in [-0.05, 0) is 31.0 Å². The Labute approximate surface area is 116 Å². The minimum absolute atomic E-state index is 0.00350. The summed E-state index contributed by atoms with van der Waals surface area (Å²) >= 11 is 5.92. The van der Waals surface area contributed by atoms with E-state index in [-0.39, 0.29) is 11.9 Å². The maximum atomic E-state index is 8.73. The standard InChI is InChI=1S/C13H17ClN2O3/c14-9-3-4-11(13(15)16-17)12(8-9)19-7-5-10-2-1-6-18-10/h3-4,8,10,17H,1-2,5-7H2,(H2,15,16). The fourth-order valence-electron chi connectivity index (χ4n) is 2.05. The number of nitrogens with two attached hydrogens (primary N) is 1. The normalized spacial score (nSPS) is 19.6. The van der Waals surface area contributed by atoms with E-state index in [1.54, 1.807) is 18.2 Å². The van der Waals surface area contributed by atoms with Crippen LogP contribution in [0.15, 0.2) is 23.4 Å². The first kappa shape index (κ1) is 14.0. The third kappa shape index (κ3) is 3.75. The van der Waals surface area contributed by atoms with Crippen LogP contribution in [0.25, 0.3) is 0 Å². The summed E-state index contributed by atoms with van der Waals surface area (Å²) < 4.78 is 11.2. The van der Waals surface area contributed by atoms with Crippen LogP contribution in [0.1, 0.15) is 24.8 Å². The van der Waals surface area contributed by atoms with Gasteiger partial charge in [-0.3, -0.25) is 0 Å². The monoisotopic (exact) mass is 284 g/mol.